The number of aromatic hydroxyl groups is 1. The summed E-state index contributed by atoms with van der Waals surface area (Å²) >= 11 is 0. The number of phenols is 1. The maximum Gasteiger partial charge on any atom is 0.253 e. The number of phenolic OH excluding ortho intramolecular Hbond substituents is 1. The Hall–Kier alpha value is -2.82. The molecule has 5 heteroatoms. The molecule has 0 spiro atoms. The van der Waals surface area contributed by atoms with Crippen LogP contribution in [0.2, 0.25) is 0 Å². The van der Waals surface area contributed by atoms with Crippen molar-refractivity contribution in [1.82, 2.24) is 10.2 Å². The van der Waals surface area contributed by atoms with Gasteiger partial charge >= 0.3 is 0 Å². The van der Waals surface area contributed by atoms with Gasteiger partial charge in [0.25, 0.3) is 5.91 Å². The molecule has 5 nitrogen and oxygen atoms in total. The Morgan fingerprint density at radius 1 is 1.04 bits per heavy atom. The molecule has 2 aromatic rings. The van der Waals surface area contributed by atoms with Crippen molar-refractivity contribution in [2.24, 2.45) is 5.92 Å². The van der Waals surface area contributed by atoms with Crippen LogP contribution in [0.5, 0.6) is 5.75 Å². The number of amides is 2. The second-order valence-corrected chi connectivity index (χ2v) is 7.12. The first-order valence-corrected chi connectivity index (χ1v) is 9.10. The number of rotatable bonds is 4. The van der Waals surface area contributed by atoms with E-state index >= 15 is 0 Å². The minimum Gasteiger partial charge on any atom is -0.507 e. The number of nitrogens with one attached hydrogen (secondary N) is 1. The quantitative estimate of drug-likeness (QED) is 0.891. The fraction of sp³-hybridized carbons (Fsp3) is 0.333. The van der Waals surface area contributed by atoms with Gasteiger partial charge < -0.3 is 15.3 Å². The fourth-order valence-electron chi connectivity index (χ4n) is 3.43. The van der Waals surface area contributed by atoms with Crippen molar-refractivity contribution in [2.75, 3.05) is 13.1 Å². The molecule has 1 saturated carbocycles. The molecule has 134 valence electrons. The molecule has 1 heterocycles. The normalized spacial score (nSPS) is 19.4. The third-order valence-electron chi connectivity index (χ3n) is 5.10. The number of carbonyl (C=O) groups excluding carboxylic acids is 2. The van der Waals surface area contributed by atoms with Crippen LogP contribution < -0.4 is 5.32 Å². The summed E-state index contributed by atoms with van der Waals surface area (Å²) in [7, 11) is 0. The molecule has 26 heavy (non-hydrogen) atoms. The number of benzene rings is 2. The van der Waals surface area contributed by atoms with Crippen LogP contribution in [0.15, 0.2) is 48.5 Å². The van der Waals surface area contributed by atoms with Crippen molar-refractivity contribution in [2.45, 2.75) is 25.3 Å². The van der Waals surface area contributed by atoms with Gasteiger partial charge in [0, 0.05) is 36.2 Å². The van der Waals surface area contributed by atoms with Crippen molar-refractivity contribution >= 4 is 11.8 Å². The van der Waals surface area contributed by atoms with E-state index in [-0.39, 0.29) is 29.5 Å². The molecule has 1 aliphatic carbocycles. The van der Waals surface area contributed by atoms with Gasteiger partial charge in [-0.1, -0.05) is 30.3 Å². The average molecular weight is 350 g/mol. The van der Waals surface area contributed by atoms with Crippen molar-refractivity contribution in [3.8, 4) is 16.9 Å². The van der Waals surface area contributed by atoms with Crippen molar-refractivity contribution in [3.05, 3.63) is 54.1 Å². The van der Waals surface area contributed by atoms with Crippen molar-refractivity contribution in [3.63, 3.8) is 0 Å². The van der Waals surface area contributed by atoms with E-state index < -0.39 is 0 Å². The van der Waals surface area contributed by atoms with Gasteiger partial charge in [-0.15, -0.1) is 0 Å². The Kier molecular flexibility index (Phi) is 4.37. The van der Waals surface area contributed by atoms with Crippen LogP contribution in [0, 0.1) is 5.92 Å². The van der Waals surface area contributed by atoms with E-state index in [1.165, 1.54) is 0 Å². The zero-order chi connectivity index (χ0) is 18.1. The molecule has 0 bridgehead atoms. The zero-order valence-corrected chi connectivity index (χ0v) is 14.5. The van der Waals surface area contributed by atoms with Gasteiger partial charge in [-0.25, -0.2) is 0 Å². The summed E-state index contributed by atoms with van der Waals surface area (Å²) in [6.07, 6.45) is 2.75. The minimum atomic E-state index is -0.0645. The number of nitrogens with zero attached hydrogens (tertiary/aromatic N) is 1. The highest BCUT2D eigenvalue weighted by Crippen LogP contribution is 2.31. The van der Waals surface area contributed by atoms with E-state index in [1.54, 1.807) is 23.1 Å². The molecule has 2 aromatic carbocycles. The van der Waals surface area contributed by atoms with Gasteiger partial charge in [0.2, 0.25) is 5.91 Å². The topological polar surface area (TPSA) is 69.6 Å². The fourth-order valence-corrected chi connectivity index (χ4v) is 3.43. The molecule has 2 N–H and O–H groups in total. The molecule has 2 fully saturated rings. The predicted molar refractivity (Wildman–Crippen MR) is 98.7 cm³/mol. The molecule has 1 aliphatic heterocycles. The van der Waals surface area contributed by atoms with E-state index in [9.17, 15) is 14.7 Å². The maximum absolute atomic E-state index is 12.9. The Morgan fingerprint density at radius 3 is 2.54 bits per heavy atom. The van der Waals surface area contributed by atoms with Gasteiger partial charge in [0.15, 0.2) is 0 Å². The van der Waals surface area contributed by atoms with Crippen LogP contribution in [0.3, 0.4) is 0 Å². The second-order valence-electron chi connectivity index (χ2n) is 7.12. The first kappa shape index (κ1) is 16.6. The Morgan fingerprint density at radius 2 is 1.81 bits per heavy atom. The number of likely N-dealkylation sites (tertiary alicyclic amines) is 1. The van der Waals surface area contributed by atoms with Crippen LogP contribution >= 0.6 is 0 Å². The summed E-state index contributed by atoms with van der Waals surface area (Å²) in [4.78, 5) is 26.5. The van der Waals surface area contributed by atoms with E-state index in [0.717, 1.165) is 24.8 Å². The first-order chi connectivity index (χ1) is 12.6. The second kappa shape index (κ2) is 6.83. The molecule has 2 aliphatic rings. The van der Waals surface area contributed by atoms with Crippen molar-refractivity contribution < 1.29 is 14.7 Å². The average Bonchev–Trinajstić information content (AvgIpc) is 3.42. The lowest BCUT2D eigenvalue weighted by molar-refractivity contribution is -0.122. The molecular weight excluding hydrogens is 328 g/mol. The molecule has 1 saturated heterocycles. The van der Waals surface area contributed by atoms with E-state index in [4.69, 9.17) is 0 Å². The molecule has 4 rings (SSSR count). The number of hydrogen-bond donors (Lipinski definition) is 2. The van der Waals surface area contributed by atoms with Crippen LogP contribution in [-0.2, 0) is 4.79 Å². The van der Waals surface area contributed by atoms with E-state index in [0.29, 0.717) is 24.2 Å². The highest BCUT2D eigenvalue weighted by molar-refractivity contribution is 5.96. The van der Waals surface area contributed by atoms with Gasteiger partial charge in [-0.2, -0.15) is 0 Å². The SMILES string of the molecule is O=C(NC1CCN(C(=O)c2ccc(O)c(-c3ccccc3)c2)C1)C1CC1. The lowest BCUT2D eigenvalue weighted by Gasteiger charge is -2.18. The molecule has 0 aromatic heterocycles. The summed E-state index contributed by atoms with van der Waals surface area (Å²) in [6.45, 7) is 1.18. The van der Waals surface area contributed by atoms with Gasteiger partial charge in [0.1, 0.15) is 5.75 Å². The summed E-state index contributed by atoms with van der Waals surface area (Å²) in [5.41, 5.74) is 2.07. The zero-order valence-electron chi connectivity index (χ0n) is 14.5. The lowest BCUT2D eigenvalue weighted by atomic mass is 10.0. The molecule has 1 atom stereocenters. The predicted octanol–water partition coefficient (Wildman–Crippen LogP) is 2.80. The van der Waals surface area contributed by atoms with Gasteiger partial charge in [0.05, 0.1) is 0 Å². The standard InChI is InChI=1S/C21H22N2O3/c24-19-9-8-16(12-18(19)14-4-2-1-3-5-14)21(26)23-11-10-17(13-23)22-20(25)15-6-7-15/h1-5,8-9,12,15,17,24H,6-7,10-11,13H2,(H,22,25). The Labute approximate surface area is 152 Å². The highest BCUT2D eigenvalue weighted by atomic mass is 16.3. The molecular formula is C21H22N2O3. The van der Waals surface area contributed by atoms with Crippen LogP contribution in [0.1, 0.15) is 29.6 Å². The van der Waals surface area contributed by atoms with Gasteiger partial charge in [-0.3, -0.25) is 9.59 Å². The highest BCUT2D eigenvalue weighted by Gasteiger charge is 2.34. The summed E-state index contributed by atoms with van der Waals surface area (Å²) < 4.78 is 0. The lowest BCUT2D eigenvalue weighted by Crippen LogP contribution is -2.39. The Balaban J connectivity index is 1.47. The summed E-state index contributed by atoms with van der Waals surface area (Å²) in [5, 5.41) is 13.2. The van der Waals surface area contributed by atoms with E-state index in [2.05, 4.69) is 5.32 Å². The summed E-state index contributed by atoms with van der Waals surface area (Å²) in [5.74, 6) is 0.402. The maximum atomic E-state index is 12.9. The van der Waals surface area contributed by atoms with E-state index in [1.807, 2.05) is 30.3 Å². The third-order valence-corrected chi connectivity index (χ3v) is 5.10. The van der Waals surface area contributed by atoms with Crippen molar-refractivity contribution in [1.29, 1.82) is 0 Å². The monoisotopic (exact) mass is 350 g/mol. The molecule has 0 radical (unpaired) electrons. The number of hydrogen-bond acceptors (Lipinski definition) is 3. The smallest absolute Gasteiger partial charge is 0.253 e. The Bertz CT molecular complexity index is 830. The molecule has 2 amide bonds. The van der Waals surface area contributed by atoms with Crippen LogP contribution in [0.25, 0.3) is 11.1 Å². The number of carbonyl (C=O) groups is 2. The summed E-state index contributed by atoms with van der Waals surface area (Å²) in [6, 6.07) is 14.5. The minimum absolute atomic E-state index is 0.0396. The first-order valence-electron chi connectivity index (χ1n) is 9.10. The van der Waals surface area contributed by atoms with Crippen LogP contribution in [-0.4, -0.2) is 41.0 Å². The molecule has 1 unspecified atom stereocenters. The van der Waals surface area contributed by atoms with Gasteiger partial charge in [-0.05, 0) is 43.0 Å². The largest absolute Gasteiger partial charge is 0.507 e. The van der Waals surface area contributed by atoms with Crippen LogP contribution in [0.4, 0.5) is 0 Å². The third kappa shape index (κ3) is 3.43.